The maximum absolute atomic E-state index is 14.2. The highest BCUT2D eigenvalue weighted by Crippen LogP contribution is 2.54. The van der Waals surface area contributed by atoms with Crippen LogP contribution < -0.4 is 4.74 Å². The highest BCUT2D eigenvalue weighted by atomic mass is 16.5. The molecule has 1 aromatic carbocycles. The number of ether oxygens (including phenoxy) is 2. The summed E-state index contributed by atoms with van der Waals surface area (Å²) in [4.78, 5) is 46.9. The zero-order valence-electron chi connectivity index (χ0n) is 25.6. The van der Waals surface area contributed by atoms with E-state index in [1.54, 1.807) is 12.0 Å². The Bertz CT molecular complexity index is 1540. The van der Waals surface area contributed by atoms with Crippen LogP contribution >= 0.6 is 0 Å². The van der Waals surface area contributed by atoms with Crippen molar-refractivity contribution in [3.05, 3.63) is 69.3 Å². The first-order valence-corrected chi connectivity index (χ1v) is 14.4. The van der Waals surface area contributed by atoms with E-state index in [4.69, 9.17) is 14.5 Å². The van der Waals surface area contributed by atoms with Gasteiger partial charge in [-0.25, -0.2) is 4.98 Å². The van der Waals surface area contributed by atoms with E-state index in [9.17, 15) is 14.4 Å². The van der Waals surface area contributed by atoms with E-state index >= 15 is 0 Å². The molecular formula is C34H40N2O5. The van der Waals surface area contributed by atoms with Crippen molar-refractivity contribution in [2.24, 2.45) is 11.3 Å². The van der Waals surface area contributed by atoms with Crippen molar-refractivity contribution in [3.8, 4) is 17.0 Å². The Labute approximate surface area is 242 Å². The first-order chi connectivity index (χ1) is 19.3. The van der Waals surface area contributed by atoms with Crippen molar-refractivity contribution in [2.75, 3.05) is 14.2 Å². The quantitative estimate of drug-likeness (QED) is 0.392. The lowest BCUT2D eigenvalue weighted by molar-refractivity contribution is -0.131. The van der Waals surface area contributed by atoms with E-state index in [2.05, 4.69) is 27.7 Å². The Hall–Kier alpha value is -3.74. The lowest BCUT2D eigenvalue weighted by atomic mass is 9.68. The molecule has 0 saturated heterocycles. The number of aryl methyl sites for hydroxylation is 1. The van der Waals surface area contributed by atoms with Gasteiger partial charge < -0.3 is 14.4 Å². The third kappa shape index (κ3) is 4.79. The predicted molar refractivity (Wildman–Crippen MR) is 158 cm³/mol. The summed E-state index contributed by atoms with van der Waals surface area (Å²) >= 11 is 0. The molecule has 216 valence electrons. The summed E-state index contributed by atoms with van der Waals surface area (Å²) in [6.45, 7) is 13.7. The Morgan fingerprint density at radius 2 is 1.78 bits per heavy atom. The summed E-state index contributed by atoms with van der Waals surface area (Å²) in [7, 11) is 3.44. The monoisotopic (exact) mass is 556 g/mol. The van der Waals surface area contributed by atoms with Crippen molar-refractivity contribution in [3.63, 3.8) is 0 Å². The second-order valence-corrected chi connectivity index (χ2v) is 12.9. The number of carbonyl (C=O) groups is 3. The molecule has 0 N–H and O–H groups in total. The minimum absolute atomic E-state index is 0.00609. The van der Waals surface area contributed by atoms with Crippen LogP contribution in [0.3, 0.4) is 0 Å². The highest BCUT2D eigenvalue weighted by Gasteiger charge is 2.49. The molecule has 41 heavy (non-hydrogen) atoms. The number of methoxy groups -OCH3 is 1. The topological polar surface area (TPSA) is 85.8 Å². The molecule has 2 atom stereocenters. The number of allylic oxidation sites excluding steroid dienone is 2. The zero-order chi connectivity index (χ0) is 30.0. The van der Waals surface area contributed by atoms with Crippen LogP contribution in [0.1, 0.15) is 87.0 Å². The molecule has 2 aliphatic heterocycles. The van der Waals surface area contributed by atoms with Gasteiger partial charge in [-0.1, -0.05) is 33.8 Å². The summed E-state index contributed by atoms with van der Waals surface area (Å²) in [6, 6.07) is 7.59. The number of hydrogen-bond acceptors (Lipinski definition) is 6. The molecule has 3 heterocycles. The van der Waals surface area contributed by atoms with E-state index in [1.807, 2.05) is 45.2 Å². The van der Waals surface area contributed by atoms with Gasteiger partial charge in [0.05, 0.1) is 24.3 Å². The average molecular weight is 557 g/mol. The fraction of sp³-hybridized carbons (Fsp3) is 0.471. The maximum atomic E-state index is 14.2. The minimum Gasteiger partial charge on any atom is -0.496 e. The molecule has 3 aliphatic rings. The Balaban J connectivity index is 1.79. The average Bonchev–Trinajstić information content (AvgIpc) is 2.88. The Morgan fingerprint density at radius 1 is 1.07 bits per heavy atom. The van der Waals surface area contributed by atoms with Crippen LogP contribution in [0.25, 0.3) is 11.3 Å². The lowest BCUT2D eigenvalue weighted by Crippen LogP contribution is -2.48. The van der Waals surface area contributed by atoms with E-state index < -0.39 is 5.92 Å². The van der Waals surface area contributed by atoms with Gasteiger partial charge in [-0.15, -0.1) is 0 Å². The number of pyridine rings is 1. The van der Waals surface area contributed by atoms with Gasteiger partial charge in [-0.2, -0.15) is 0 Å². The number of carbonyl (C=O) groups excluding carboxylic acids is 3. The molecule has 0 unspecified atom stereocenters. The molecule has 7 nitrogen and oxygen atoms in total. The molecule has 0 spiro atoms. The van der Waals surface area contributed by atoms with Crippen molar-refractivity contribution in [1.29, 1.82) is 0 Å². The Kier molecular flexibility index (Phi) is 7.21. The number of likely N-dealkylation sites (N-methyl/N-ethyl adjacent to an activating group) is 1. The third-order valence-electron chi connectivity index (χ3n) is 8.91. The zero-order valence-corrected chi connectivity index (χ0v) is 25.6. The number of Topliss-reactive ketones (excluding diaryl/α,β-unsaturated/α-hetero) is 2. The first-order valence-electron chi connectivity index (χ1n) is 14.4. The molecule has 0 bridgehead atoms. The number of amides is 1. The molecule has 0 fully saturated rings. The maximum Gasteiger partial charge on any atom is 0.254 e. The van der Waals surface area contributed by atoms with Crippen LogP contribution in [-0.4, -0.2) is 47.6 Å². The van der Waals surface area contributed by atoms with Crippen LogP contribution in [0, 0.1) is 25.2 Å². The van der Waals surface area contributed by atoms with Gasteiger partial charge in [-0.3, -0.25) is 14.4 Å². The van der Waals surface area contributed by atoms with Gasteiger partial charge in [0.1, 0.15) is 23.0 Å². The molecular weight excluding hydrogens is 516 g/mol. The highest BCUT2D eigenvalue weighted by molar-refractivity contribution is 6.06. The van der Waals surface area contributed by atoms with E-state index in [0.717, 1.165) is 22.3 Å². The fourth-order valence-electron chi connectivity index (χ4n) is 6.79. The minimum atomic E-state index is -0.631. The number of rotatable bonds is 5. The molecule has 0 saturated carbocycles. The van der Waals surface area contributed by atoms with E-state index in [0.29, 0.717) is 59.1 Å². The van der Waals surface area contributed by atoms with Crippen molar-refractivity contribution >= 4 is 17.5 Å². The SMILES string of the molecule is COc1ccc(-c2ccc(C)c(C(C)=O)n2)c(C)c1[C@H]1C2=C(CC(C)(C)CC2=O)OC2=C1C(=O)N(C)[C@H](C(C)C)C2. The number of nitrogens with zero attached hydrogens (tertiary/aromatic N) is 2. The van der Waals surface area contributed by atoms with Crippen LogP contribution in [0.15, 0.2) is 46.9 Å². The van der Waals surface area contributed by atoms with Crippen molar-refractivity contribution < 1.29 is 23.9 Å². The molecule has 2 aromatic rings. The van der Waals surface area contributed by atoms with Gasteiger partial charge in [0.2, 0.25) is 0 Å². The normalized spacial score (nSPS) is 22.0. The number of aromatic nitrogens is 1. The second kappa shape index (κ2) is 10.3. The number of benzene rings is 1. The van der Waals surface area contributed by atoms with Gasteiger partial charge in [-0.05, 0) is 54.5 Å². The van der Waals surface area contributed by atoms with E-state index in [1.165, 1.54) is 6.92 Å². The van der Waals surface area contributed by atoms with E-state index in [-0.39, 0.29) is 34.8 Å². The molecule has 0 radical (unpaired) electrons. The summed E-state index contributed by atoms with van der Waals surface area (Å²) in [6.07, 6.45) is 1.56. The fourth-order valence-corrected chi connectivity index (χ4v) is 6.79. The predicted octanol–water partition coefficient (Wildman–Crippen LogP) is 6.47. The van der Waals surface area contributed by atoms with Crippen LogP contribution in [0.5, 0.6) is 5.75 Å². The molecule has 1 aliphatic carbocycles. The molecule has 1 aromatic heterocycles. The number of ketones is 2. The summed E-state index contributed by atoms with van der Waals surface area (Å²) in [5.41, 5.74) is 5.13. The van der Waals surface area contributed by atoms with Crippen LogP contribution in [0.4, 0.5) is 0 Å². The van der Waals surface area contributed by atoms with Gasteiger partial charge in [0, 0.05) is 56.0 Å². The van der Waals surface area contributed by atoms with Gasteiger partial charge >= 0.3 is 0 Å². The smallest absolute Gasteiger partial charge is 0.254 e. The van der Waals surface area contributed by atoms with Crippen LogP contribution in [-0.2, 0) is 14.3 Å². The van der Waals surface area contributed by atoms with Crippen molar-refractivity contribution in [1.82, 2.24) is 9.88 Å². The van der Waals surface area contributed by atoms with Crippen LogP contribution in [0.2, 0.25) is 0 Å². The van der Waals surface area contributed by atoms with Crippen molar-refractivity contribution in [2.45, 2.75) is 79.7 Å². The third-order valence-corrected chi connectivity index (χ3v) is 8.91. The summed E-state index contributed by atoms with van der Waals surface area (Å²) in [5, 5.41) is 0. The Morgan fingerprint density at radius 3 is 2.41 bits per heavy atom. The molecule has 5 rings (SSSR count). The second-order valence-electron chi connectivity index (χ2n) is 12.9. The number of hydrogen-bond donors (Lipinski definition) is 0. The van der Waals surface area contributed by atoms with Gasteiger partial charge in [0.25, 0.3) is 5.91 Å². The summed E-state index contributed by atoms with van der Waals surface area (Å²) < 4.78 is 12.4. The first kappa shape index (κ1) is 28.8. The largest absolute Gasteiger partial charge is 0.496 e. The molecule has 1 amide bonds. The standard InChI is InChI=1S/C34H40N2O5/c1-17(2)23-14-26-30(33(39)36(23)8)31(29-24(38)15-34(6,7)16-27(29)41-26)28-19(4)21(11-13-25(28)40-9)22-12-10-18(3)32(35-22)20(5)37/h10-13,17,23,31H,14-16H2,1-9H3/t23-,31-/m0/s1. The lowest BCUT2D eigenvalue weighted by Gasteiger charge is -2.45. The van der Waals surface area contributed by atoms with Gasteiger partial charge in [0.15, 0.2) is 11.6 Å². The summed E-state index contributed by atoms with van der Waals surface area (Å²) in [5.74, 6) is 1.28. The molecule has 7 heteroatoms.